The molecule has 0 spiro atoms. The molecule has 0 bridgehead atoms. The van der Waals surface area contributed by atoms with Gasteiger partial charge in [-0.15, -0.1) is 131 Å². The number of rotatable bonds is 14. The summed E-state index contributed by atoms with van der Waals surface area (Å²) in [4.78, 5) is 32.2. The third-order valence-corrected chi connectivity index (χ3v) is 15.2. The molecule has 13 aromatic rings. The number of hydrogen-bond acceptors (Lipinski definition) is 10. The number of aromatic nitrogens is 4. The third-order valence-electron chi connectivity index (χ3n) is 15.2. The first-order chi connectivity index (χ1) is 45.7. The fourth-order valence-electron chi connectivity index (χ4n) is 10.1. The van der Waals surface area contributed by atoms with Gasteiger partial charge < -0.3 is 25.1 Å². The summed E-state index contributed by atoms with van der Waals surface area (Å²) in [6.45, 7) is 13.6. The molecule has 0 unspecified atom stereocenters. The van der Waals surface area contributed by atoms with Gasteiger partial charge in [0.2, 0.25) is 0 Å². The van der Waals surface area contributed by atoms with Crippen molar-refractivity contribution in [2.24, 2.45) is 9.98 Å². The number of para-hydroxylation sites is 5. The minimum absolute atomic E-state index is 0. The molecule has 0 fully saturated rings. The van der Waals surface area contributed by atoms with E-state index in [4.69, 9.17) is 9.97 Å². The quantitative estimate of drug-likeness (QED) is 0.0815. The second-order valence-electron chi connectivity index (χ2n) is 24.0. The fourth-order valence-corrected chi connectivity index (χ4v) is 10.1. The van der Waals surface area contributed by atoms with Crippen LogP contribution < -0.4 is 9.80 Å². The van der Waals surface area contributed by atoms with Crippen LogP contribution in [-0.2, 0) is 74.0 Å². The van der Waals surface area contributed by atoms with Crippen LogP contribution in [0.4, 0.5) is 45.8 Å². The number of phenols is 2. The summed E-state index contributed by atoms with van der Waals surface area (Å²) in [6.07, 6.45) is 6.84. The summed E-state index contributed by atoms with van der Waals surface area (Å²) in [6, 6.07) is 105. The Morgan fingerprint density at radius 1 is 0.371 bits per heavy atom. The van der Waals surface area contributed by atoms with Crippen LogP contribution in [0.5, 0.6) is 11.5 Å². The number of aromatic hydroxyl groups is 2. The zero-order chi connectivity index (χ0) is 65.3. The largest absolute Gasteiger partial charge is 2.00 e. The molecule has 13 heteroatoms. The minimum atomic E-state index is -0.0132. The maximum atomic E-state index is 9.79. The molecule has 4 aromatic heterocycles. The van der Waals surface area contributed by atoms with Crippen LogP contribution in [0.3, 0.4) is 0 Å². The monoisotopic (exact) mass is 1810 g/mol. The van der Waals surface area contributed by atoms with Crippen LogP contribution in [0.2, 0.25) is 0 Å². The fraction of sp³-hybridized carbons (Fsp3) is 0.0952. The minimum Gasteiger partial charge on any atom is -0.507 e. The van der Waals surface area contributed by atoms with Gasteiger partial charge in [0, 0.05) is 68.4 Å². The van der Waals surface area contributed by atoms with E-state index in [1.165, 1.54) is 11.1 Å². The van der Waals surface area contributed by atoms with Gasteiger partial charge in [0.15, 0.2) is 0 Å². The van der Waals surface area contributed by atoms with Crippen LogP contribution in [0.1, 0.15) is 63.8 Å². The van der Waals surface area contributed by atoms with Gasteiger partial charge >= 0.3 is 42.1 Å². The molecule has 4 heterocycles. The number of benzene rings is 9. The maximum absolute atomic E-state index is 9.79. The summed E-state index contributed by atoms with van der Waals surface area (Å²) < 4.78 is 0. The molecule has 0 aliphatic carbocycles. The van der Waals surface area contributed by atoms with Gasteiger partial charge in [0.05, 0.1) is 11.4 Å². The summed E-state index contributed by atoms with van der Waals surface area (Å²) in [5.41, 5.74) is 16.4. The normalized spacial score (nSPS) is 10.9. The molecule has 0 saturated carbocycles. The van der Waals surface area contributed by atoms with Crippen molar-refractivity contribution in [2.75, 3.05) is 9.80 Å². The van der Waals surface area contributed by atoms with Crippen molar-refractivity contribution in [1.29, 1.82) is 0 Å². The Bertz CT molecular complexity index is 4410. The Morgan fingerprint density at radius 3 is 1.18 bits per heavy atom. The summed E-state index contributed by atoms with van der Waals surface area (Å²) in [7, 11) is 0. The van der Waals surface area contributed by atoms with Crippen LogP contribution in [0.25, 0.3) is 45.0 Å². The van der Waals surface area contributed by atoms with Crippen molar-refractivity contribution in [3.05, 3.63) is 338 Å². The molecular formula is C84H70N8O2Pt3. The summed E-state index contributed by atoms with van der Waals surface area (Å²) >= 11 is 0. The van der Waals surface area contributed by atoms with Crippen molar-refractivity contribution < 1.29 is 73.4 Å². The smallest absolute Gasteiger partial charge is 0.507 e. The van der Waals surface area contributed by atoms with E-state index < -0.39 is 0 Å². The molecule has 0 atom stereocenters. The van der Waals surface area contributed by atoms with Gasteiger partial charge in [0.1, 0.15) is 23.1 Å². The first kappa shape index (κ1) is 73.0. The van der Waals surface area contributed by atoms with Gasteiger partial charge in [-0.05, 0) is 141 Å². The topological polar surface area (TPSA) is 123 Å². The molecule has 9 aromatic carbocycles. The predicted octanol–water partition coefficient (Wildman–Crippen LogP) is 20.9. The van der Waals surface area contributed by atoms with Crippen LogP contribution >= 0.6 is 0 Å². The van der Waals surface area contributed by atoms with Gasteiger partial charge in [-0.1, -0.05) is 151 Å². The summed E-state index contributed by atoms with van der Waals surface area (Å²) in [5.74, 6) is 1.94. The standard InChI is InChI=1S/C36H35N3.C28H19N3.C20H16N2O2.3Pt/c1-35(2,3)28-23-29(36(4,5)6)25-32(24-28)39(30-15-11-13-26(21-30)33-17-7-9-19-37-33)31-16-12-14-27(22-31)34-18-8-10-20-38-34;1-4-12-22(13-5-1)25-18-10-20-27(29-25)31(24-16-8-3-9-17-24)28-21-11-19-26(30-28)23-14-6-2-7-15-23;23-19-11-5-1-7-15(19)13-21-17-9-3-4-10-18(17)22-14-16-8-2-6-12-20(16)24;;;/h7-20,23-25H,1-6H3;1-12,14,16-21H;1-14,23-24H;;;/q2*-2;;;2*+2. The zero-order valence-corrected chi connectivity index (χ0v) is 61.1. The molecule has 10 nitrogen and oxygen atoms in total. The Balaban J connectivity index is 0.000000188. The summed E-state index contributed by atoms with van der Waals surface area (Å²) in [5, 5.41) is 19.6. The van der Waals surface area contributed by atoms with Crippen molar-refractivity contribution >= 4 is 58.2 Å². The Morgan fingerprint density at radius 2 is 0.763 bits per heavy atom. The van der Waals surface area contributed by atoms with Gasteiger partial charge in [-0.3, -0.25) is 24.9 Å². The molecule has 0 saturated heterocycles. The number of nitrogens with zero attached hydrogens (tertiary/aromatic N) is 8. The predicted molar refractivity (Wildman–Crippen MR) is 385 cm³/mol. The first-order valence-corrected chi connectivity index (χ1v) is 31.0. The van der Waals surface area contributed by atoms with E-state index in [1.54, 1.807) is 48.8 Å². The molecule has 0 aliphatic heterocycles. The van der Waals surface area contributed by atoms with Crippen molar-refractivity contribution in [1.82, 2.24) is 19.9 Å². The van der Waals surface area contributed by atoms with Gasteiger partial charge in [-0.25, -0.2) is 0 Å². The van der Waals surface area contributed by atoms with Crippen molar-refractivity contribution in [3.8, 4) is 56.5 Å². The average Bonchev–Trinajstić information content (AvgIpc) is 0.780. The molecule has 13 rings (SSSR count). The second-order valence-corrected chi connectivity index (χ2v) is 24.0. The number of pyridine rings is 4. The van der Waals surface area contributed by atoms with Gasteiger partial charge in [0.25, 0.3) is 0 Å². The van der Waals surface area contributed by atoms with Crippen molar-refractivity contribution in [3.63, 3.8) is 0 Å². The Kier molecular flexibility index (Phi) is 26.1. The Labute approximate surface area is 613 Å². The first-order valence-electron chi connectivity index (χ1n) is 31.0. The molecule has 2 N–H and O–H groups in total. The molecule has 0 amide bonds. The van der Waals surface area contributed by atoms with E-state index in [0.29, 0.717) is 22.5 Å². The molecule has 488 valence electrons. The van der Waals surface area contributed by atoms with E-state index in [9.17, 15) is 10.2 Å². The zero-order valence-electron chi connectivity index (χ0n) is 54.3. The van der Waals surface area contributed by atoms with Crippen LogP contribution in [0.15, 0.2) is 301 Å². The average molecular weight is 1810 g/mol. The van der Waals surface area contributed by atoms with Crippen LogP contribution in [0, 0.1) is 24.3 Å². The van der Waals surface area contributed by atoms with Gasteiger partial charge in [-0.2, -0.15) is 0 Å². The second kappa shape index (κ2) is 34.7. The van der Waals surface area contributed by atoms with E-state index in [0.717, 1.165) is 79.4 Å². The van der Waals surface area contributed by atoms with Crippen LogP contribution in [-0.4, -0.2) is 42.6 Å². The molecular weight excluding hydrogens is 1740 g/mol. The van der Waals surface area contributed by atoms with E-state index in [1.807, 2.05) is 188 Å². The molecule has 0 aliphatic rings. The third kappa shape index (κ3) is 19.5. The van der Waals surface area contributed by atoms with E-state index in [-0.39, 0.29) is 85.5 Å². The van der Waals surface area contributed by atoms with Crippen molar-refractivity contribution in [2.45, 2.75) is 52.4 Å². The number of aliphatic imine (C=N–C) groups is 2. The molecule has 0 radical (unpaired) electrons. The number of phenolic OH excluding ortho intramolecular Hbond substituents is 2. The Hall–Kier alpha value is -9.82. The number of anilines is 6. The van der Waals surface area contributed by atoms with E-state index in [2.05, 4.69) is 162 Å². The van der Waals surface area contributed by atoms with E-state index >= 15 is 0 Å². The molecule has 97 heavy (non-hydrogen) atoms. The SMILES string of the molecule is CC(C)(C)c1cc(N(c2[c-]c(-c3ccccn3)ccc2)c2[c-]c(-c3ccccn3)ccc2)cc(C(C)(C)C)c1.Oc1ccccc1C=Nc1ccccc1N=Cc1ccccc1O.[Pt+2].[Pt+2].[Pt].[c-]1ccccc1-c1cccc(N(c2ccccc2)c2cccc(-c3[c-]cccc3)n2)n1. The number of hydrogen-bond donors (Lipinski definition) is 2. The maximum Gasteiger partial charge on any atom is 2.00 e.